The van der Waals surface area contributed by atoms with Crippen molar-refractivity contribution in [3.05, 3.63) is 82.9 Å². The van der Waals surface area contributed by atoms with Crippen LogP contribution in [0, 0.1) is 0 Å². The molecule has 1 saturated heterocycles. The van der Waals surface area contributed by atoms with E-state index in [-0.39, 0.29) is 19.0 Å². The Hall–Kier alpha value is -3.67. The summed E-state index contributed by atoms with van der Waals surface area (Å²) in [6.45, 7) is 4.66. The van der Waals surface area contributed by atoms with Crippen LogP contribution in [0.4, 0.5) is 4.79 Å². The van der Waals surface area contributed by atoms with Gasteiger partial charge in [-0.3, -0.25) is 9.69 Å². The van der Waals surface area contributed by atoms with E-state index in [1.165, 1.54) is 4.90 Å². The third kappa shape index (κ3) is 6.19. The van der Waals surface area contributed by atoms with Gasteiger partial charge in [0.05, 0.1) is 24.4 Å². The number of unbranched alkanes of at least 4 members (excludes halogenated alkanes) is 1. The minimum Gasteiger partial charge on any atom is -0.462 e. The number of carbonyl (C=O) groups excluding carboxylic acids is 3. The van der Waals surface area contributed by atoms with Gasteiger partial charge < -0.3 is 9.47 Å². The summed E-state index contributed by atoms with van der Waals surface area (Å²) >= 11 is 0. The Morgan fingerprint density at radius 1 is 1.03 bits per heavy atom. The Morgan fingerprint density at radius 3 is 2.33 bits per heavy atom. The van der Waals surface area contributed by atoms with Crippen LogP contribution in [0.2, 0.25) is 0 Å². The van der Waals surface area contributed by atoms with E-state index in [1.807, 2.05) is 43.3 Å². The molecular formula is C27H29NO5. The van der Waals surface area contributed by atoms with Crippen LogP contribution in [-0.4, -0.2) is 42.5 Å². The van der Waals surface area contributed by atoms with Crippen molar-refractivity contribution < 1.29 is 23.9 Å². The van der Waals surface area contributed by atoms with Crippen LogP contribution in [0.25, 0.3) is 11.8 Å². The van der Waals surface area contributed by atoms with Crippen molar-refractivity contribution in [2.45, 2.75) is 33.1 Å². The number of ketones is 1. The summed E-state index contributed by atoms with van der Waals surface area (Å²) in [4.78, 5) is 39.4. The van der Waals surface area contributed by atoms with E-state index in [2.05, 4.69) is 0 Å². The molecule has 1 fully saturated rings. The van der Waals surface area contributed by atoms with Crippen molar-refractivity contribution in [3.8, 4) is 0 Å². The normalized spacial score (nSPS) is 14.2. The van der Waals surface area contributed by atoms with Gasteiger partial charge in [0.1, 0.15) is 6.61 Å². The lowest BCUT2D eigenvalue weighted by atomic mass is 9.97. The van der Waals surface area contributed by atoms with E-state index in [0.717, 1.165) is 18.4 Å². The van der Waals surface area contributed by atoms with Gasteiger partial charge in [-0.15, -0.1) is 0 Å². The molecule has 0 N–H and O–H groups in total. The standard InChI is InChI=1S/C27H29NO5/c1-3-5-11-24(29)23(17-12-20-9-7-6-8-10-20)25(28-18-19-33-27(28)31)21-13-15-22(16-14-21)26(30)32-4-2/h6-10,12-17H,3-5,11,18-19H2,1-2H3/b17-12+,25-23+. The third-order valence-electron chi connectivity index (χ3n) is 5.26. The molecule has 2 aromatic carbocycles. The van der Waals surface area contributed by atoms with E-state index >= 15 is 0 Å². The van der Waals surface area contributed by atoms with Gasteiger partial charge in [-0.25, -0.2) is 9.59 Å². The molecule has 2 aromatic rings. The number of carbonyl (C=O) groups is 3. The molecule has 172 valence electrons. The molecule has 0 aromatic heterocycles. The van der Waals surface area contributed by atoms with Crippen LogP contribution in [-0.2, 0) is 14.3 Å². The molecule has 0 spiro atoms. The minimum atomic E-state index is -0.492. The molecule has 6 heteroatoms. The van der Waals surface area contributed by atoms with Crippen molar-refractivity contribution in [1.82, 2.24) is 4.90 Å². The zero-order chi connectivity index (χ0) is 23.6. The fraction of sp³-hybridized carbons (Fsp3) is 0.296. The number of allylic oxidation sites excluding steroid dienone is 2. The number of Topliss-reactive ketones (excluding diaryl/α,β-unsaturated/α-hetero) is 1. The van der Waals surface area contributed by atoms with Gasteiger partial charge in [0, 0.05) is 12.0 Å². The van der Waals surface area contributed by atoms with Gasteiger partial charge >= 0.3 is 12.1 Å². The second-order valence-corrected chi connectivity index (χ2v) is 7.60. The highest BCUT2D eigenvalue weighted by Crippen LogP contribution is 2.29. The van der Waals surface area contributed by atoms with E-state index < -0.39 is 12.1 Å². The molecule has 1 heterocycles. The number of ether oxygens (including phenoxy) is 2. The number of hydrogen-bond donors (Lipinski definition) is 0. The lowest BCUT2D eigenvalue weighted by Gasteiger charge is -2.21. The topological polar surface area (TPSA) is 72.9 Å². The molecule has 1 aliphatic rings. The van der Waals surface area contributed by atoms with Crippen LogP contribution < -0.4 is 0 Å². The minimum absolute atomic E-state index is 0.0480. The second kappa shape index (κ2) is 11.8. The summed E-state index contributed by atoms with van der Waals surface area (Å²) in [6.07, 6.45) is 5.16. The monoisotopic (exact) mass is 447 g/mol. The highest BCUT2D eigenvalue weighted by molar-refractivity contribution is 6.07. The fourth-order valence-electron chi connectivity index (χ4n) is 3.55. The molecule has 0 radical (unpaired) electrons. The summed E-state index contributed by atoms with van der Waals surface area (Å²) in [7, 11) is 0. The number of esters is 1. The Morgan fingerprint density at radius 2 is 1.73 bits per heavy atom. The van der Waals surface area contributed by atoms with Gasteiger partial charge in [-0.05, 0) is 42.7 Å². The van der Waals surface area contributed by atoms with Crippen LogP contribution in [0.3, 0.4) is 0 Å². The average Bonchev–Trinajstić information content (AvgIpc) is 3.26. The molecule has 33 heavy (non-hydrogen) atoms. The van der Waals surface area contributed by atoms with Gasteiger partial charge in [0.25, 0.3) is 0 Å². The lowest BCUT2D eigenvalue weighted by molar-refractivity contribution is -0.115. The highest BCUT2D eigenvalue weighted by Gasteiger charge is 2.30. The first kappa shape index (κ1) is 24.0. The average molecular weight is 448 g/mol. The van der Waals surface area contributed by atoms with Gasteiger partial charge in [0.2, 0.25) is 0 Å². The molecule has 0 atom stereocenters. The quantitative estimate of drug-likeness (QED) is 0.273. The van der Waals surface area contributed by atoms with Gasteiger partial charge in [0.15, 0.2) is 5.78 Å². The number of amides is 1. The maximum atomic E-state index is 13.3. The van der Waals surface area contributed by atoms with Crippen LogP contribution in [0.1, 0.15) is 54.6 Å². The summed E-state index contributed by atoms with van der Waals surface area (Å²) in [5.41, 5.74) is 2.93. The molecule has 6 nitrogen and oxygen atoms in total. The number of hydrogen-bond acceptors (Lipinski definition) is 5. The Balaban J connectivity index is 2.12. The first-order valence-corrected chi connectivity index (χ1v) is 11.3. The van der Waals surface area contributed by atoms with E-state index in [1.54, 1.807) is 37.3 Å². The number of cyclic esters (lactones) is 1. The van der Waals surface area contributed by atoms with E-state index in [0.29, 0.717) is 35.4 Å². The summed E-state index contributed by atoms with van der Waals surface area (Å²) < 4.78 is 10.2. The smallest absolute Gasteiger partial charge is 0.414 e. The van der Waals surface area contributed by atoms with Crippen LogP contribution in [0.15, 0.2) is 66.2 Å². The first-order chi connectivity index (χ1) is 16.0. The Bertz CT molecular complexity index is 1040. The summed E-state index contributed by atoms with van der Waals surface area (Å²) in [5, 5.41) is 0. The fourth-order valence-corrected chi connectivity index (χ4v) is 3.55. The lowest BCUT2D eigenvalue weighted by Crippen LogP contribution is -2.25. The van der Waals surface area contributed by atoms with Crippen molar-refractivity contribution in [3.63, 3.8) is 0 Å². The molecule has 0 bridgehead atoms. The van der Waals surface area contributed by atoms with Gasteiger partial charge in [-0.1, -0.05) is 61.9 Å². The molecular weight excluding hydrogens is 418 g/mol. The summed E-state index contributed by atoms with van der Waals surface area (Å²) in [6, 6.07) is 16.4. The molecule has 1 aliphatic heterocycles. The van der Waals surface area contributed by atoms with Gasteiger partial charge in [-0.2, -0.15) is 0 Å². The number of rotatable bonds is 10. The van der Waals surface area contributed by atoms with Crippen molar-refractivity contribution >= 4 is 29.6 Å². The third-order valence-corrected chi connectivity index (χ3v) is 5.26. The molecule has 1 amide bonds. The number of benzene rings is 2. The predicted octanol–water partition coefficient (Wildman–Crippen LogP) is 5.50. The second-order valence-electron chi connectivity index (χ2n) is 7.60. The molecule has 0 unspecified atom stereocenters. The highest BCUT2D eigenvalue weighted by atomic mass is 16.6. The molecule has 0 saturated carbocycles. The molecule has 0 aliphatic carbocycles. The van der Waals surface area contributed by atoms with Crippen molar-refractivity contribution in [1.29, 1.82) is 0 Å². The molecule has 3 rings (SSSR count). The van der Waals surface area contributed by atoms with Crippen molar-refractivity contribution in [2.75, 3.05) is 19.8 Å². The van der Waals surface area contributed by atoms with Crippen molar-refractivity contribution in [2.24, 2.45) is 0 Å². The number of nitrogens with zero attached hydrogens (tertiary/aromatic N) is 1. The SMILES string of the molecule is CCCCC(=O)C(/C=C/c1ccccc1)=C(\c1ccc(C(=O)OCC)cc1)N1CCOC1=O. The zero-order valence-electron chi connectivity index (χ0n) is 19.1. The maximum absolute atomic E-state index is 13.3. The largest absolute Gasteiger partial charge is 0.462 e. The first-order valence-electron chi connectivity index (χ1n) is 11.3. The van der Waals surface area contributed by atoms with Crippen LogP contribution >= 0.6 is 0 Å². The van der Waals surface area contributed by atoms with Crippen LogP contribution in [0.5, 0.6) is 0 Å². The Kier molecular flexibility index (Phi) is 8.58. The van der Waals surface area contributed by atoms with E-state index in [4.69, 9.17) is 9.47 Å². The van der Waals surface area contributed by atoms with E-state index in [9.17, 15) is 14.4 Å². The maximum Gasteiger partial charge on any atom is 0.414 e. The Labute approximate surface area is 194 Å². The predicted molar refractivity (Wildman–Crippen MR) is 127 cm³/mol. The summed E-state index contributed by atoms with van der Waals surface area (Å²) in [5.74, 6) is -0.466. The zero-order valence-corrected chi connectivity index (χ0v) is 19.1.